The lowest BCUT2D eigenvalue weighted by Gasteiger charge is -2.10. The highest BCUT2D eigenvalue weighted by Gasteiger charge is 2.21. The molecule has 114 valence electrons. The van der Waals surface area contributed by atoms with Crippen molar-refractivity contribution in [2.24, 2.45) is 5.73 Å². The molecule has 0 spiro atoms. The van der Waals surface area contributed by atoms with Gasteiger partial charge in [0.1, 0.15) is 0 Å². The molecule has 0 heterocycles. The summed E-state index contributed by atoms with van der Waals surface area (Å²) in [5.41, 5.74) is 5.26. The number of carbonyl (C=O) groups excluding carboxylic acids is 3. The summed E-state index contributed by atoms with van der Waals surface area (Å²) < 4.78 is 0. The predicted octanol–water partition coefficient (Wildman–Crippen LogP) is -0.482. The topological polar surface area (TPSA) is 128 Å². The molecule has 4 N–H and O–H groups in total. The normalized spacial score (nSPS) is 12.5. The average Bonchev–Trinajstić information content (AvgIpc) is 2.43. The molecule has 0 radical (unpaired) electrons. The number of unbranched alkanes of at least 4 members (excludes halogenated alkanes) is 2. The maximum Gasteiger partial charge on any atom is 0.404 e. The van der Waals surface area contributed by atoms with Crippen molar-refractivity contribution in [1.29, 1.82) is 0 Å². The van der Waals surface area contributed by atoms with Crippen LogP contribution in [0.1, 0.15) is 33.1 Å². The number of allylic oxidation sites excluding steroid dienone is 1. The molecule has 0 saturated carbocycles. The van der Waals surface area contributed by atoms with E-state index < -0.39 is 30.6 Å². The van der Waals surface area contributed by atoms with Crippen LogP contribution in [-0.4, -0.2) is 35.7 Å². The summed E-state index contributed by atoms with van der Waals surface area (Å²) in [6, 6.07) is 0. The molecule has 0 aromatic carbocycles. The second kappa shape index (κ2) is 9.93. The van der Waals surface area contributed by atoms with Crippen molar-refractivity contribution in [3.05, 3.63) is 11.6 Å². The molecule has 0 fully saturated rings. The van der Waals surface area contributed by atoms with Gasteiger partial charge in [-0.3, -0.25) is 4.79 Å². The van der Waals surface area contributed by atoms with Crippen LogP contribution >= 0.6 is 0 Å². The smallest absolute Gasteiger partial charge is 0.364 e. The zero-order chi connectivity index (χ0) is 15.5. The molecule has 0 aliphatic carbocycles. The maximum absolute atomic E-state index is 11.4. The van der Waals surface area contributed by atoms with Crippen LogP contribution < -0.4 is 11.1 Å². The lowest BCUT2D eigenvalue weighted by molar-refractivity contribution is -0.262. The number of carbonyl (C=O) groups is 3. The van der Waals surface area contributed by atoms with Gasteiger partial charge in [-0.15, -0.1) is 0 Å². The van der Waals surface area contributed by atoms with Gasteiger partial charge in [0.05, 0.1) is 6.54 Å². The van der Waals surface area contributed by atoms with E-state index in [9.17, 15) is 19.5 Å². The number of amides is 1. The van der Waals surface area contributed by atoms with Gasteiger partial charge < -0.3 is 16.2 Å². The number of nitrogens with two attached hydrogens (primary N) is 1. The summed E-state index contributed by atoms with van der Waals surface area (Å²) in [6.07, 6.45) is 2.34. The maximum atomic E-state index is 11.4. The molecule has 8 heteroatoms. The third-order valence-corrected chi connectivity index (χ3v) is 2.24. The predicted molar refractivity (Wildman–Crippen MR) is 68.7 cm³/mol. The SMILES string of the molecule is CCCC/C=C(\C)C(=O)OOC(=O)C(O)NC(=O)CN. The minimum atomic E-state index is -1.94. The molecule has 1 atom stereocenters. The van der Waals surface area contributed by atoms with Crippen molar-refractivity contribution >= 4 is 17.8 Å². The Bertz CT molecular complexity index is 380. The molecule has 1 unspecified atom stereocenters. The Hall–Kier alpha value is -1.93. The molecule has 0 aromatic rings. The third kappa shape index (κ3) is 7.49. The fourth-order valence-electron chi connectivity index (χ4n) is 1.07. The molecular formula is C12H20N2O6. The summed E-state index contributed by atoms with van der Waals surface area (Å²) in [7, 11) is 0. The number of aliphatic hydroxyl groups excluding tert-OH is 1. The largest absolute Gasteiger partial charge is 0.404 e. The minimum absolute atomic E-state index is 0.284. The zero-order valence-corrected chi connectivity index (χ0v) is 11.5. The van der Waals surface area contributed by atoms with E-state index in [1.54, 1.807) is 6.08 Å². The first kappa shape index (κ1) is 18.1. The lowest BCUT2D eigenvalue weighted by Crippen LogP contribution is -2.44. The van der Waals surface area contributed by atoms with Gasteiger partial charge in [-0.25, -0.2) is 19.4 Å². The molecule has 8 nitrogen and oxygen atoms in total. The summed E-state index contributed by atoms with van der Waals surface area (Å²) in [6.45, 7) is 3.13. The zero-order valence-electron chi connectivity index (χ0n) is 11.5. The Kier molecular flexibility index (Phi) is 8.97. The van der Waals surface area contributed by atoms with Gasteiger partial charge in [0.2, 0.25) is 12.1 Å². The second-order valence-electron chi connectivity index (χ2n) is 3.98. The molecule has 0 aromatic heterocycles. The minimum Gasteiger partial charge on any atom is -0.364 e. The standard InChI is InChI=1S/C12H20N2O6/c1-3-4-5-6-8(2)11(17)19-20-12(18)10(16)14-9(15)7-13/h6,10,16H,3-5,7,13H2,1-2H3,(H,14,15)/b8-6+. The summed E-state index contributed by atoms with van der Waals surface area (Å²) in [5, 5.41) is 11.0. The van der Waals surface area contributed by atoms with Gasteiger partial charge in [-0.1, -0.05) is 25.8 Å². The fraction of sp³-hybridized carbons (Fsp3) is 0.583. The van der Waals surface area contributed by atoms with Crippen LogP contribution in [0.3, 0.4) is 0 Å². The fourth-order valence-corrected chi connectivity index (χ4v) is 1.07. The summed E-state index contributed by atoms with van der Waals surface area (Å²) in [5.74, 6) is -2.91. The Morgan fingerprint density at radius 3 is 2.55 bits per heavy atom. The molecule has 20 heavy (non-hydrogen) atoms. The monoisotopic (exact) mass is 288 g/mol. The first-order valence-corrected chi connectivity index (χ1v) is 6.19. The van der Waals surface area contributed by atoms with E-state index in [2.05, 4.69) is 9.78 Å². The molecule has 1 amide bonds. The summed E-state index contributed by atoms with van der Waals surface area (Å²) >= 11 is 0. The van der Waals surface area contributed by atoms with E-state index in [0.717, 1.165) is 12.8 Å². The average molecular weight is 288 g/mol. The Balaban J connectivity index is 4.13. The van der Waals surface area contributed by atoms with Gasteiger partial charge in [0.25, 0.3) is 0 Å². The van der Waals surface area contributed by atoms with Crippen LogP contribution in [0.25, 0.3) is 0 Å². The number of hydrogen-bond acceptors (Lipinski definition) is 7. The van der Waals surface area contributed by atoms with Crippen LogP contribution in [-0.2, 0) is 24.2 Å². The summed E-state index contributed by atoms with van der Waals surface area (Å²) in [4.78, 5) is 41.7. The van der Waals surface area contributed by atoms with Crippen molar-refractivity contribution in [2.75, 3.05) is 6.54 Å². The van der Waals surface area contributed by atoms with Crippen LogP contribution in [0.2, 0.25) is 0 Å². The molecule has 0 aliphatic heterocycles. The highest BCUT2D eigenvalue weighted by atomic mass is 17.2. The first-order valence-electron chi connectivity index (χ1n) is 6.19. The third-order valence-electron chi connectivity index (χ3n) is 2.24. The van der Waals surface area contributed by atoms with Crippen molar-refractivity contribution in [3.8, 4) is 0 Å². The van der Waals surface area contributed by atoms with Gasteiger partial charge in [-0.2, -0.15) is 0 Å². The molecular weight excluding hydrogens is 268 g/mol. The second-order valence-corrected chi connectivity index (χ2v) is 3.98. The van der Waals surface area contributed by atoms with E-state index in [-0.39, 0.29) is 5.57 Å². The quantitative estimate of drug-likeness (QED) is 0.190. The highest BCUT2D eigenvalue weighted by molar-refractivity contribution is 5.88. The van der Waals surface area contributed by atoms with Crippen LogP contribution in [0, 0.1) is 0 Å². The first-order chi connectivity index (χ1) is 9.42. The van der Waals surface area contributed by atoms with E-state index >= 15 is 0 Å². The van der Waals surface area contributed by atoms with E-state index in [1.165, 1.54) is 6.92 Å². The van der Waals surface area contributed by atoms with Crippen LogP contribution in [0.5, 0.6) is 0 Å². The van der Waals surface area contributed by atoms with Gasteiger partial charge in [0, 0.05) is 5.57 Å². The number of nitrogens with one attached hydrogen (secondary N) is 1. The van der Waals surface area contributed by atoms with E-state index in [0.29, 0.717) is 6.42 Å². The Morgan fingerprint density at radius 1 is 1.35 bits per heavy atom. The van der Waals surface area contributed by atoms with Crippen molar-refractivity contribution in [1.82, 2.24) is 5.32 Å². The number of aliphatic hydroxyl groups is 1. The molecule has 0 aliphatic rings. The van der Waals surface area contributed by atoms with Crippen LogP contribution in [0.15, 0.2) is 11.6 Å². The van der Waals surface area contributed by atoms with Gasteiger partial charge >= 0.3 is 11.9 Å². The van der Waals surface area contributed by atoms with Crippen molar-refractivity contribution in [3.63, 3.8) is 0 Å². The van der Waals surface area contributed by atoms with E-state index in [1.807, 2.05) is 12.2 Å². The lowest BCUT2D eigenvalue weighted by atomic mass is 10.2. The van der Waals surface area contributed by atoms with Crippen molar-refractivity contribution < 1.29 is 29.3 Å². The molecule has 0 saturated heterocycles. The van der Waals surface area contributed by atoms with Crippen molar-refractivity contribution in [2.45, 2.75) is 39.3 Å². The van der Waals surface area contributed by atoms with Crippen LogP contribution in [0.4, 0.5) is 0 Å². The number of rotatable bonds is 7. The Morgan fingerprint density at radius 2 is 2.00 bits per heavy atom. The van der Waals surface area contributed by atoms with Gasteiger partial charge in [-0.05, 0) is 13.3 Å². The van der Waals surface area contributed by atoms with E-state index in [4.69, 9.17) is 5.73 Å². The molecule has 0 bridgehead atoms. The Labute approximate surface area is 116 Å². The van der Waals surface area contributed by atoms with Gasteiger partial charge in [0.15, 0.2) is 0 Å². The number of hydrogen-bond donors (Lipinski definition) is 3. The molecule has 0 rings (SSSR count). The highest BCUT2D eigenvalue weighted by Crippen LogP contribution is 2.03.